The average molecular weight is 440 g/mol. The summed E-state index contributed by atoms with van der Waals surface area (Å²) >= 11 is 0. The lowest BCUT2D eigenvalue weighted by Crippen LogP contribution is -2.01. The number of aromatic hydroxyl groups is 1. The predicted octanol–water partition coefficient (Wildman–Crippen LogP) is 4.57. The minimum atomic E-state index is -0.529. The number of rotatable bonds is 5. The molecule has 8 heteroatoms. The molecule has 0 unspecified atom stereocenters. The van der Waals surface area contributed by atoms with Crippen molar-refractivity contribution in [1.82, 2.24) is 19.5 Å². The van der Waals surface area contributed by atoms with Crippen LogP contribution in [0.15, 0.2) is 82.3 Å². The number of nitrogens with zero attached hydrogens (tertiary/aromatic N) is 3. The first-order valence-corrected chi connectivity index (χ1v) is 10.2. The summed E-state index contributed by atoms with van der Waals surface area (Å²) in [5, 5.41) is 10.5. The molecule has 0 amide bonds. The van der Waals surface area contributed by atoms with Gasteiger partial charge in [-0.05, 0) is 43.3 Å². The van der Waals surface area contributed by atoms with Gasteiger partial charge in [-0.3, -0.25) is 9.36 Å². The van der Waals surface area contributed by atoms with E-state index in [1.807, 2.05) is 65.4 Å². The van der Waals surface area contributed by atoms with E-state index >= 15 is 0 Å². The number of H-pyrrole nitrogens is 1. The Labute approximate surface area is 188 Å². The van der Waals surface area contributed by atoms with Crippen molar-refractivity contribution >= 4 is 0 Å². The Morgan fingerprint density at radius 2 is 1.97 bits per heavy atom. The molecule has 4 heterocycles. The number of aromatic nitrogens is 4. The number of ether oxygens (including phenoxy) is 1. The van der Waals surface area contributed by atoms with Crippen LogP contribution in [-0.2, 0) is 0 Å². The zero-order valence-electron chi connectivity index (χ0n) is 17.9. The molecule has 0 bridgehead atoms. The summed E-state index contributed by atoms with van der Waals surface area (Å²) in [7, 11) is 1.58. The van der Waals surface area contributed by atoms with E-state index < -0.39 is 11.2 Å². The number of hydrogen-bond acceptors (Lipinski definition) is 6. The van der Waals surface area contributed by atoms with E-state index in [1.165, 1.54) is 6.07 Å². The number of aromatic amines is 1. The van der Waals surface area contributed by atoms with Gasteiger partial charge in [0.25, 0.3) is 0 Å². The van der Waals surface area contributed by atoms with Gasteiger partial charge in [0.15, 0.2) is 11.6 Å². The van der Waals surface area contributed by atoms with Crippen molar-refractivity contribution in [2.24, 2.45) is 0 Å². The monoisotopic (exact) mass is 440 g/mol. The molecule has 5 aromatic rings. The molecule has 4 aromatic heterocycles. The second kappa shape index (κ2) is 8.16. The number of hydrogen-bond donors (Lipinski definition) is 2. The highest BCUT2D eigenvalue weighted by Gasteiger charge is 2.23. The summed E-state index contributed by atoms with van der Waals surface area (Å²) in [5.41, 5.74) is 1.83. The summed E-state index contributed by atoms with van der Waals surface area (Å²) in [6, 6.07) is 18.0. The Hall–Kier alpha value is -4.59. The topological polar surface area (TPSA) is 106 Å². The standard InChI is InChI=1S/C25H20N4O4/c1-15-13-19(30)23(31)24(33-15)22-21(16-7-5-8-17(14-16)32-2)27-25(28-22)18-9-6-12-29(18)20-10-3-4-11-26-20/h3-14,31H,1-2H3,(H,27,28). The highest BCUT2D eigenvalue weighted by atomic mass is 16.5. The van der Waals surface area contributed by atoms with E-state index in [9.17, 15) is 9.90 Å². The first-order valence-electron chi connectivity index (χ1n) is 10.2. The molecule has 2 N–H and O–H groups in total. The van der Waals surface area contributed by atoms with Crippen molar-refractivity contribution in [3.8, 4) is 51.5 Å². The van der Waals surface area contributed by atoms with Crippen molar-refractivity contribution in [2.75, 3.05) is 7.11 Å². The van der Waals surface area contributed by atoms with Crippen molar-refractivity contribution in [2.45, 2.75) is 6.92 Å². The van der Waals surface area contributed by atoms with Gasteiger partial charge in [-0.1, -0.05) is 18.2 Å². The van der Waals surface area contributed by atoms with Crippen LogP contribution in [0.1, 0.15) is 5.76 Å². The summed E-state index contributed by atoms with van der Waals surface area (Å²) in [6.45, 7) is 1.65. The number of benzene rings is 1. The normalized spacial score (nSPS) is 11.0. The Morgan fingerprint density at radius 3 is 2.76 bits per heavy atom. The highest BCUT2D eigenvalue weighted by Crippen LogP contribution is 2.37. The molecule has 0 saturated carbocycles. The van der Waals surface area contributed by atoms with Crippen LogP contribution in [0, 0.1) is 6.92 Å². The summed E-state index contributed by atoms with van der Waals surface area (Å²) in [4.78, 5) is 24.8. The van der Waals surface area contributed by atoms with E-state index in [-0.39, 0.29) is 5.76 Å². The van der Waals surface area contributed by atoms with Crippen molar-refractivity contribution in [3.63, 3.8) is 0 Å². The van der Waals surface area contributed by atoms with Crippen LogP contribution in [-0.4, -0.2) is 31.7 Å². The number of imidazole rings is 1. The lowest BCUT2D eigenvalue weighted by molar-refractivity contribution is 0.415. The van der Waals surface area contributed by atoms with Gasteiger partial charge in [0, 0.05) is 24.0 Å². The van der Waals surface area contributed by atoms with Crippen LogP contribution in [0.2, 0.25) is 0 Å². The van der Waals surface area contributed by atoms with Crippen molar-refractivity contribution < 1.29 is 14.3 Å². The van der Waals surface area contributed by atoms with Gasteiger partial charge in [0.1, 0.15) is 28.7 Å². The van der Waals surface area contributed by atoms with E-state index in [1.54, 1.807) is 20.2 Å². The van der Waals surface area contributed by atoms with E-state index in [0.29, 0.717) is 28.7 Å². The number of methoxy groups -OCH3 is 1. The highest BCUT2D eigenvalue weighted by molar-refractivity contribution is 5.81. The van der Waals surface area contributed by atoms with Crippen LogP contribution in [0.5, 0.6) is 11.5 Å². The third-order valence-electron chi connectivity index (χ3n) is 5.21. The largest absolute Gasteiger partial charge is 0.501 e. The Bertz CT molecular complexity index is 1500. The molecule has 0 saturated heterocycles. The second-order valence-corrected chi connectivity index (χ2v) is 7.39. The molecule has 1 aromatic carbocycles. The van der Waals surface area contributed by atoms with Crippen LogP contribution in [0.4, 0.5) is 0 Å². The second-order valence-electron chi connectivity index (χ2n) is 7.39. The van der Waals surface area contributed by atoms with Gasteiger partial charge in [-0.15, -0.1) is 0 Å². The molecule has 164 valence electrons. The van der Waals surface area contributed by atoms with Gasteiger partial charge in [0.2, 0.25) is 11.2 Å². The van der Waals surface area contributed by atoms with E-state index in [2.05, 4.69) is 9.97 Å². The van der Waals surface area contributed by atoms with Gasteiger partial charge in [-0.25, -0.2) is 9.97 Å². The molecule has 0 aliphatic carbocycles. The maximum Gasteiger partial charge on any atom is 0.227 e. The number of nitrogens with one attached hydrogen (secondary N) is 1. The molecule has 0 fully saturated rings. The van der Waals surface area contributed by atoms with Crippen LogP contribution in [0.3, 0.4) is 0 Å². The lowest BCUT2D eigenvalue weighted by Gasteiger charge is -2.06. The minimum absolute atomic E-state index is 0.0208. The maximum atomic E-state index is 12.3. The zero-order valence-corrected chi connectivity index (χ0v) is 17.9. The Kier molecular flexibility index (Phi) is 5.02. The van der Waals surface area contributed by atoms with Gasteiger partial charge >= 0.3 is 0 Å². The lowest BCUT2D eigenvalue weighted by atomic mass is 10.1. The molecule has 8 nitrogen and oxygen atoms in total. The summed E-state index contributed by atoms with van der Waals surface area (Å²) in [5.74, 6) is 1.80. The Balaban J connectivity index is 1.75. The number of aryl methyl sites for hydroxylation is 1. The van der Waals surface area contributed by atoms with E-state index in [4.69, 9.17) is 14.1 Å². The average Bonchev–Trinajstić information content (AvgIpc) is 3.49. The fraction of sp³-hybridized carbons (Fsp3) is 0.0800. The van der Waals surface area contributed by atoms with Crippen LogP contribution < -0.4 is 10.2 Å². The van der Waals surface area contributed by atoms with Crippen LogP contribution in [0.25, 0.3) is 40.0 Å². The molecule has 5 rings (SSSR count). The first-order chi connectivity index (χ1) is 16.0. The Morgan fingerprint density at radius 1 is 1.09 bits per heavy atom. The maximum absolute atomic E-state index is 12.3. The van der Waals surface area contributed by atoms with E-state index in [0.717, 1.165) is 17.1 Å². The van der Waals surface area contributed by atoms with Gasteiger partial charge < -0.3 is 19.2 Å². The smallest absolute Gasteiger partial charge is 0.227 e. The summed E-state index contributed by atoms with van der Waals surface area (Å²) in [6.07, 6.45) is 3.60. The van der Waals surface area contributed by atoms with Gasteiger partial charge in [0.05, 0.1) is 12.8 Å². The third-order valence-corrected chi connectivity index (χ3v) is 5.21. The SMILES string of the molecule is COc1cccc(-c2nc(-c3cccn3-c3ccccn3)[nH]c2-c2oc(C)cc(=O)c2O)c1. The molecule has 33 heavy (non-hydrogen) atoms. The van der Waals surface area contributed by atoms with Crippen molar-refractivity contribution in [1.29, 1.82) is 0 Å². The van der Waals surface area contributed by atoms with Crippen LogP contribution >= 0.6 is 0 Å². The zero-order chi connectivity index (χ0) is 22.9. The first kappa shape index (κ1) is 20.3. The summed E-state index contributed by atoms with van der Waals surface area (Å²) < 4.78 is 13.0. The molecule has 0 atom stereocenters. The molecule has 0 radical (unpaired) electrons. The fourth-order valence-corrected chi connectivity index (χ4v) is 3.68. The third kappa shape index (κ3) is 3.67. The molecule has 0 aliphatic heterocycles. The molecular formula is C25H20N4O4. The quantitative estimate of drug-likeness (QED) is 0.415. The van der Waals surface area contributed by atoms with Gasteiger partial charge in [-0.2, -0.15) is 0 Å². The number of pyridine rings is 1. The predicted molar refractivity (Wildman–Crippen MR) is 124 cm³/mol. The minimum Gasteiger partial charge on any atom is -0.501 e. The van der Waals surface area contributed by atoms with Crippen molar-refractivity contribution in [3.05, 3.63) is 89.0 Å². The molecular weight excluding hydrogens is 420 g/mol. The molecule has 0 spiro atoms. The fourth-order valence-electron chi connectivity index (χ4n) is 3.68. The molecule has 0 aliphatic rings.